The van der Waals surface area contributed by atoms with Crippen LogP contribution in [0.5, 0.6) is 0 Å². The third-order valence-electron chi connectivity index (χ3n) is 3.85. The highest BCUT2D eigenvalue weighted by atomic mass is 16.5. The smallest absolute Gasteiger partial charge is 0.310 e. The first-order valence-electron chi connectivity index (χ1n) is 7.83. The van der Waals surface area contributed by atoms with Crippen molar-refractivity contribution in [2.24, 2.45) is 11.7 Å². The summed E-state index contributed by atoms with van der Waals surface area (Å²) in [5.41, 5.74) is 8.55. The number of nitrogen functional groups attached to an aromatic ring is 1. The summed E-state index contributed by atoms with van der Waals surface area (Å²) >= 11 is 0. The summed E-state index contributed by atoms with van der Waals surface area (Å²) in [6, 6.07) is 14.5. The van der Waals surface area contributed by atoms with Crippen molar-refractivity contribution in [1.82, 2.24) is 5.32 Å². The highest BCUT2D eigenvalue weighted by Gasteiger charge is 2.14. The quantitative estimate of drug-likeness (QED) is 0.426. The summed E-state index contributed by atoms with van der Waals surface area (Å²) in [4.78, 5) is 23.5. The maximum atomic E-state index is 12.1. The van der Waals surface area contributed by atoms with E-state index in [2.05, 4.69) is 10.1 Å². The Morgan fingerprint density at radius 1 is 1.04 bits per heavy atom. The van der Waals surface area contributed by atoms with Crippen molar-refractivity contribution in [2.45, 2.75) is 6.92 Å². The van der Waals surface area contributed by atoms with Crippen molar-refractivity contribution in [3.05, 3.63) is 59.7 Å². The second-order valence-corrected chi connectivity index (χ2v) is 5.70. The van der Waals surface area contributed by atoms with Crippen LogP contribution in [0.15, 0.2) is 48.5 Å². The second kappa shape index (κ2) is 8.10. The van der Waals surface area contributed by atoms with Gasteiger partial charge in [-0.05, 0) is 23.3 Å². The first kappa shape index (κ1) is 18.2. The maximum Gasteiger partial charge on any atom is 0.310 e. The average molecular weight is 339 g/mol. The van der Waals surface area contributed by atoms with Crippen LogP contribution in [-0.4, -0.2) is 31.4 Å². The fourth-order valence-electron chi connectivity index (χ4n) is 2.29. The van der Waals surface area contributed by atoms with Crippen LogP contribution in [0.2, 0.25) is 0 Å². The summed E-state index contributed by atoms with van der Waals surface area (Å²) in [5.74, 6) is -0.966. The van der Waals surface area contributed by atoms with Gasteiger partial charge in [0.2, 0.25) is 0 Å². The molecule has 2 aromatic carbocycles. The van der Waals surface area contributed by atoms with Crippen LogP contribution in [-0.2, 0) is 9.53 Å². The van der Waals surface area contributed by atoms with Gasteiger partial charge in [0, 0.05) is 17.7 Å². The fourth-order valence-corrected chi connectivity index (χ4v) is 2.29. The number of hydrogen-bond donors (Lipinski definition) is 3. The van der Waals surface area contributed by atoms with E-state index in [1.165, 1.54) is 7.11 Å². The van der Waals surface area contributed by atoms with E-state index in [1.807, 2.05) is 24.3 Å². The lowest BCUT2D eigenvalue weighted by Crippen LogP contribution is -2.32. The number of hydrogen-bond acceptors (Lipinski definition) is 4. The molecule has 25 heavy (non-hydrogen) atoms. The zero-order chi connectivity index (χ0) is 18.4. The first-order valence-corrected chi connectivity index (χ1v) is 7.83. The van der Waals surface area contributed by atoms with Gasteiger partial charge in [-0.3, -0.25) is 15.0 Å². The normalized spacial score (nSPS) is 11.4. The number of nitrogens with one attached hydrogen (secondary N) is 2. The molecule has 0 radical (unpaired) electrons. The van der Waals surface area contributed by atoms with Gasteiger partial charge in [-0.25, -0.2) is 0 Å². The van der Waals surface area contributed by atoms with Gasteiger partial charge < -0.3 is 15.8 Å². The molecule has 2 rings (SSSR count). The van der Waals surface area contributed by atoms with E-state index in [0.717, 1.165) is 11.1 Å². The molecule has 0 spiro atoms. The molecule has 1 amide bonds. The number of esters is 1. The third-order valence-corrected chi connectivity index (χ3v) is 3.85. The Balaban J connectivity index is 2.02. The predicted molar refractivity (Wildman–Crippen MR) is 96.4 cm³/mol. The molecule has 0 heterocycles. The van der Waals surface area contributed by atoms with Gasteiger partial charge in [0.1, 0.15) is 5.84 Å². The standard InChI is InChI=1S/C19H21N3O3/c1-12(19(24)25-2)11-22-18(23)16-9-5-14(6-10-16)13-3-7-15(8-4-13)17(20)21/h3-10,12H,11H2,1-2H3,(H3,20,21)(H,22,23)/t12-/m0/s1. The molecule has 130 valence electrons. The van der Waals surface area contributed by atoms with Crippen LogP contribution in [0.1, 0.15) is 22.8 Å². The first-order chi connectivity index (χ1) is 11.9. The van der Waals surface area contributed by atoms with Gasteiger partial charge in [0.25, 0.3) is 5.91 Å². The van der Waals surface area contributed by atoms with E-state index >= 15 is 0 Å². The highest BCUT2D eigenvalue weighted by molar-refractivity contribution is 5.96. The molecule has 4 N–H and O–H groups in total. The molecule has 6 nitrogen and oxygen atoms in total. The molecular weight excluding hydrogens is 318 g/mol. The van der Waals surface area contributed by atoms with E-state index in [4.69, 9.17) is 11.1 Å². The van der Waals surface area contributed by atoms with E-state index < -0.39 is 5.92 Å². The summed E-state index contributed by atoms with van der Waals surface area (Å²) < 4.78 is 4.63. The molecule has 0 bridgehead atoms. The number of carbonyl (C=O) groups excluding carboxylic acids is 2. The summed E-state index contributed by atoms with van der Waals surface area (Å²) in [7, 11) is 1.32. The van der Waals surface area contributed by atoms with E-state index in [1.54, 1.807) is 31.2 Å². The maximum absolute atomic E-state index is 12.1. The Morgan fingerprint density at radius 3 is 1.96 bits per heavy atom. The molecule has 2 aromatic rings. The van der Waals surface area contributed by atoms with Gasteiger partial charge in [0.15, 0.2) is 0 Å². The van der Waals surface area contributed by atoms with Crippen molar-refractivity contribution < 1.29 is 14.3 Å². The fraction of sp³-hybridized carbons (Fsp3) is 0.211. The zero-order valence-corrected chi connectivity index (χ0v) is 14.2. The number of methoxy groups -OCH3 is 1. The van der Waals surface area contributed by atoms with Crippen molar-refractivity contribution in [3.8, 4) is 11.1 Å². The van der Waals surface area contributed by atoms with Gasteiger partial charge in [-0.1, -0.05) is 43.3 Å². The summed E-state index contributed by atoms with van der Waals surface area (Å²) in [5, 5.41) is 10.1. The van der Waals surface area contributed by atoms with Gasteiger partial charge in [-0.15, -0.1) is 0 Å². The zero-order valence-electron chi connectivity index (χ0n) is 14.2. The average Bonchev–Trinajstić information content (AvgIpc) is 2.65. The Bertz CT molecular complexity index is 768. The Labute approximate surface area is 146 Å². The molecule has 0 aliphatic heterocycles. The van der Waals surface area contributed by atoms with Crippen molar-refractivity contribution >= 4 is 17.7 Å². The minimum absolute atomic E-state index is 0.0275. The SMILES string of the molecule is COC(=O)[C@@H](C)CNC(=O)c1ccc(-c2ccc(C(=N)N)cc2)cc1. The molecule has 1 atom stereocenters. The summed E-state index contributed by atoms with van der Waals surface area (Å²) in [6.45, 7) is 1.92. The molecule has 6 heteroatoms. The predicted octanol–water partition coefficient (Wildman–Crippen LogP) is 2.18. The second-order valence-electron chi connectivity index (χ2n) is 5.70. The Kier molecular flexibility index (Phi) is 5.89. The molecular formula is C19H21N3O3. The number of amides is 1. The van der Waals surface area contributed by atoms with Gasteiger partial charge in [-0.2, -0.15) is 0 Å². The van der Waals surface area contributed by atoms with Gasteiger partial charge in [0.05, 0.1) is 13.0 Å². The monoisotopic (exact) mass is 339 g/mol. The van der Waals surface area contributed by atoms with Crippen molar-refractivity contribution in [1.29, 1.82) is 5.41 Å². The largest absolute Gasteiger partial charge is 0.469 e. The third kappa shape index (κ3) is 4.67. The number of amidine groups is 1. The van der Waals surface area contributed by atoms with Crippen LogP contribution < -0.4 is 11.1 Å². The molecule has 0 aromatic heterocycles. The highest BCUT2D eigenvalue weighted by Crippen LogP contribution is 2.20. The van der Waals surface area contributed by atoms with E-state index in [-0.39, 0.29) is 24.3 Å². The number of benzene rings is 2. The van der Waals surface area contributed by atoms with E-state index in [0.29, 0.717) is 11.1 Å². The molecule has 0 aliphatic carbocycles. The van der Waals surface area contributed by atoms with Crippen molar-refractivity contribution in [2.75, 3.05) is 13.7 Å². The molecule has 0 saturated carbocycles. The van der Waals surface area contributed by atoms with Crippen LogP contribution >= 0.6 is 0 Å². The molecule has 0 saturated heterocycles. The topological polar surface area (TPSA) is 105 Å². The van der Waals surface area contributed by atoms with Crippen LogP contribution in [0.3, 0.4) is 0 Å². The summed E-state index contributed by atoms with van der Waals surface area (Å²) in [6.07, 6.45) is 0. The minimum atomic E-state index is -0.395. The van der Waals surface area contributed by atoms with Crippen LogP contribution in [0, 0.1) is 11.3 Å². The Hall–Kier alpha value is -3.15. The lowest BCUT2D eigenvalue weighted by atomic mass is 10.0. The number of nitrogens with two attached hydrogens (primary N) is 1. The molecule has 0 aliphatic rings. The number of ether oxygens (including phenoxy) is 1. The van der Waals surface area contributed by atoms with Crippen LogP contribution in [0.25, 0.3) is 11.1 Å². The van der Waals surface area contributed by atoms with Crippen molar-refractivity contribution in [3.63, 3.8) is 0 Å². The lowest BCUT2D eigenvalue weighted by Gasteiger charge is -2.11. The minimum Gasteiger partial charge on any atom is -0.469 e. The number of rotatable bonds is 6. The Morgan fingerprint density at radius 2 is 1.52 bits per heavy atom. The molecule has 0 unspecified atom stereocenters. The van der Waals surface area contributed by atoms with Crippen LogP contribution in [0.4, 0.5) is 0 Å². The van der Waals surface area contributed by atoms with E-state index in [9.17, 15) is 9.59 Å². The number of carbonyl (C=O) groups is 2. The lowest BCUT2D eigenvalue weighted by molar-refractivity contribution is -0.144. The van der Waals surface area contributed by atoms with Gasteiger partial charge >= 0.3 is 5.97 Å². The molecule has 0 fully saturated rings.